The van der Waals surface area contributed by atoms with Crippen LogP contribution in [-0.2, 0) is 19.1 Å². The van der Waals surface area contributed by atoms with Crippen molar-refractivity contribution in [3.63, 3.8) is 0 Å². The molecule has 41 heavy (non-hydrogen) atoms. The molecular weight excluding hydrogens is 524 g/mol. The van der Waals surface area contributed by atoms with E-state index in [-0.39, 0.29) is 6.54 Å². The molecule has 3 rings (SSSR count). The Morgan fingerprint density at radius 2 is 1.68 bits per heavy atom. The molecule has 0 heterocycles. The number of primary amides is 1. The highest BCUT2D eigenvalue weighted by Crippen LogP contribution is 2.26. The summed E-state index contributed by atoms with van der Waals surface area (Å²) in [4.78, 5) is 53.2. The van der Waals surface area contributed by atoms with Crippen molar-refractivity contribution in [3.8, 4) is 12.3 Å². The molecule has 3 aromatic carbocycles. The lowest BCUT2D eigenvalue weighted by molar-refractivity contribution is -0.142. The predicted octanol–water partition coefficient (Wildman–Crippen LogP) is 3.09. The second-order valence-corrected chi connectivity index (χ2v) is 10.3. The Labute approximate surface area is 238 Å². The number of nitrogens with zero attached hydrogens (tertiary/aromatic N) is 1. The first-order valence-corrected chi connectivity index (χ1v) is 13.0. The highest BCUT2D eigenvalue weighted by atomic mass is 16.6. The summed E-state index contributed by atoms with van der Waals surface area (Å²) in [5.74, 6) is 0.232. The number of nitrogens with two attached hydrogens (primary N) is 1. The molecule has 4 amide bonds. The number of carbonyl (C=O) groups is 4. The molecule has 0 aliphatic heterocycles. The number of hydrogen-bond donors (Lipinski definition) is 4. The zero-order valence-electron chi connectivity index (χ0n) is 23.2. The Morgan fingerprint density at radius 3 is 2.27 bits per heavy atom. The number of benzene rings is 3. The summed E-state index contributed by atoms with van der Waals surface area (Å²) in [6, 6.07) is 16.7. The molecule has 0 saturated heterocycles. The maximum atomic E-state index is 13.9. The van der Waals surface area contributed by atoms with Gasteiger partial charge in [0.1, 0.15) is 17.7 Å². The van der Waals surface area contributed by atoms with Crippen molar-refractivity contribution in [3.05, 3.63) is 77.9 Å². The summed E-state index contributed by atoms with van der Waals surface area (Å²) in [5.41, 5.74) is 5.93. The van der Waals surface area contributed by atoms with Gasteiger partial charge < -0.3 is 31.1 Å². The molecule has 0 fully saturated rings. The highest BCUT2D eigenvalue weighted by Gasteiger charge is 2.37. The van der Waals surface area contributed by atoms with Crippen molar-refractivity contribution in [1.82, 2.24) is 10.2 Å². The zero-order chi connectivity index (χ0) is 30.2. The first-order valence-electron chi connectivity index (χ1n) is 13.0. The molecular formula is C31H34N4O6. The summed E-state index contributed by atoms with van der Waals surface area (Å²) < 4.78 is 5.25. The number of alkyl carbamates (subject to hydrolysis) is 1. The van der Waals surface area contributed by atoms with Gasteiger partial charge in [-0.3, -0.25) is 14.4 Å². The van der Waals surface area contributed by atoms with Crippen LogP contribution in [0, 0.1) is 12.3 Å². The van der Waals surface area contributed by atoms with Crippen LogP contribution in [0.1, 0.15) is 44.4 Å². The fourth-order valence-corrected chi connectivity index (χ4v) is 4.24. The summed E-state index contributed by atoms with van der Waals surface area (Å²) in [6.07, 6.45) is 3.98. The van der Waals surface area contributed by atoms with Gasteiger partial charge in [0.05, 0.1) is 13.0 Å². The third-order valence-electron chi connectivity index (χ3n) is 5.99. The number of anilines is 1. The average Bonchev–Trinajstić information content (AvgIpc) is 2.91. The largest absolute Gasteiger partial charge is 0.444 e. The average molecular weight is 559 g/mol. The fraction of sp³-hybridized carbons (Fsp3) is 0.290. The molecule has 0 radical (unpaired) electrons. The normalized spacial score (nSPS) is 12.5. The van der Waals surface area contributed by atoms with Crippen LogP contribution in [0.25, 0.3) is 10.8 Å². The number of fused-ring (bicyclic) bond motifs is 1. The number of aliphatic hydroxyl groups excluding tert-OH is 1. The highest BCUT2D eigenvalue weighted by molar-refractivity contribution is 6.01. The van der Waals surface area contributed by atoms with Crippen LogP contribution < -0.4 is 16.4 Å². The molecule has 0 aromatic heterocycles. The van der Waals surface area contributed by atoms with Gasteiger partial charge >= 0.3 is 6.09 Å². The van der Waals surface area contributed by atoms with Crippen LogP contribution >= 0.6 is 0 Å². The quantitative estimate of drug-likeness (QED) is 0.281. The van der Waals surface area contributed by atoms with Crippen LogP contribution in [0.4, 0.5) is 10.5 Å². The third-order valence-corrected chi connectivity index (χ3v) is 5.99. The molecule has 2 atom stereocenters. The number of aliphatic hydroxyl groups is 1. The van der Waals surface area contributed by atoms with Crippen molar-refractivity contribution in [2.45, 2.75) is 44.9 Å². The second kappa shape index (κ2) is 13.5. The minimum atomic E-state index is -1.46. The lowest BCUT2D eigenvalue weighted by atomic mass is 10.0. The van der Waals surface area contributed by atoms with E-state index in [1.807, 2.05) is 30.3 Å². The predicted molar refractivity (Wildman–Crippen MR) is 155 cm³/mol. The lowest BCUT2D eigenvalue weighted by Gasteiger charge is -2.34. The lowest BCUT2D eigenvalue weighted by Crippen LogP contribution is -2.54. The molecule has 0 bridgehead atoms. The Kier molecular flexibility index (Phi) is 10.1. The van der Waals surface area contributed by atoms with Gasteiger partial charge in [-0.15, -0.1) is 6.42 Å². The first kappa shape index (κ1) is 30.7. The molecule has 5 N–H and O–H groups in total. The second-order valence-electron chi connectivity index (χ2n) is 10.3. The van der Waals surface area contributed by atoms with Gasteiger partial charge in [0.15, 0.2) is 0 Å². The van der Waals surface area contributed by atoms with Gasteiger partial charge in [-0.1, -0.05) is 48.4 Å². The van der Waals surface area contributed by atoms with E-state index >= 15 is 0 Å². The number of rotatable bonds is 10. The van der Waals surface area contributed by atoms with Crippen molar-refractivity contribution in [2.75, 3.05) is 18.5 Å². The van der Waals surface area contributed by atoms with Crippen LogP contribution in [0.2, 0.25) is 0 Å². The van der Waals surface area contributed by atoms with Gasteiger partial charge in [0.25, 0.3) is 5.91 Å². The zero-order valence-corrected chi connectivity index (χ0v) is 23.2. The molecule has 10 nitrogen and oxygen atoms in total. The summed E-state index contributed by atoms with van der Waals surface area (Å²) in [7, 11) is 0. The Hall–Kier alpha value is -4.88. The monoisotopic (exact) mass is 558 g/mol. The maximum absolute atomic E-state index is 13.9. The van der Waals surface area contributed by atoms with Crippen LogP contribution in [0.15, 0.2) is 66.7 Å². The molecule has 10 heteroatoms. The van der Waals surface area contributed by atoms with E-state index in [1.54, 1.807) is 57.2 Å². The molecule has 0 aliphatic carbocycles. The summed E-state index contributed by atoms with van der Waals surface area (Å²) >= 11 is 0. The van der Waals surface area contributed by atoms with E-state index in [2.05, 4.69) is 16.6 Å². The Balaban J connectivity index is 2.02. The van der Waals surface area contributed by atoms with Crippen molar-refractivity contribution < 1.29 is 29.0 Å². The molecule has 0 saturated carbocycles. The molecule has 3 aromatic rings. The maximum Gasteiger partial charge on any atom is 0.408 e. The van der Waals surface area contributed by atoms with Gasteiger partial charge in [-0.25, -0.2) is 4.79 Å². The number of carbonyl (C=O) groups excluding carboxylic acids is 4. The number of hydrogen-bond acceptors (Lipinski definition) is 6. The number of terminal acetylenes is 1. The van der Waals surface area contributed by atoms with Crippen LogP contribution in [-0.4, -0.2) is 58.6 Å². The van der Waals surface area contributed by atoms with Gasteiger partial charge in [-0.05, 0) is 61.4 Å². The van der Waals surface area contributed by atoms with Gasteiger partial charge in [-0.2, -0.15) is 0 Å². The topological polar surface area (TPSA) is 151 Å². The number of amides is 4. The van der Waals surface area contributed by atoms with E-state index < -0.39 is 54.5 Å². The van der Waals surface area contributed by atoms with Crippen LogP contribution in [0.3, 0.4) is 0 Å². The summed E-state index contributed by atoms with van der Waals surface area (Å²) in [6.45, 7) is 4.12. The first-order chi connectivity index (χ1) is 19.4. The Bertz CT molecular complexity index is 1460. The number of nitrogens with one attached hydrogen (secondary N) is 2. The molecule has 0 spiro atoms. The minimum Gasteiger partial charge on any atom is -0.444 e. The van der Waals surface area contributed by atoms with Crippen molar-refractivity contribution >= 4 is 40.3 Å². The van der Waals surface area contributed by atoms with Gasteiger partial charge in [0.2, 0.25) is 11.8 Å². The fourth-order valence-electron chi connectivity index (χ4n) is 4.24. The van der Waals surface area contributed by atoms with E-state index in [4.69, 9.17) is 16.9 Å². The van der Waals surface area contributed by atoms with Crippen molar-refractivity contribution in [2.24, 2.45) is 5.73 Å². The molecule has 2 unspecified atom stereocenters. The third kappa shape index (κ3) is 8.55. The van der Waals surface area contributed by atoms with E-state index in [9.17, 15) is 24.3 Å². The van der Waals surface area contributed by atoms with E-state index in [0.717, 1.165) is 15.7 Å². The SMILES string of the molecule is C#Cc1ccc(C(C(=O)Nc2ccc3ccccc3c2)N(CCO)C(=O)C(CC(N)=O)NC(=O)OC(C)(C)C)cc1. The molecule has 0 aliphatic rings. The van der Waals surface area contributed by atoms with Crippen LogP contribution in [0.5, 0.6) is 0 Å². The minimum absolute atomic E-state index is 0.295. The molecule has 214 valence electrons. The van der Waals surface area contributed by atoms with Crippen molar-refractivity contribution in [1.29, 1.82) is 0 Å². The smallest absolute Gasteiger partial charge is 0.408 e. The Morgan fingerprint density at radius 1 is 1.02 bits per heavy atom. The van der Waals surface area contributed by atoms with E-state index in [0.29, 0.717) is 16.8 Å². The standard InChI is InChI=1S/C31H34N4O6/c1-5-20-10-12-22(13-11-20)27(28(38)33-24-15-14-21-8-6-7-9-23(21)18-24)35(16-17-36)29(39)25(19-26(32)37)34-30(40)41-31(2,3)4/h1,6-15,18,25,27,36H,16-17,19H2,2-4H3,(H2,32,37)(H,33,38)(H,34,40). The van der Waals surface area contributed by atoms with Gasteiger partial charge in [0, 0.05) is 17.8 Å². The number of ether oxygens (including phenoxy) is 1. The summed E-state index contributed by atoms with van der Waals surface area (Å²) in [5, 5.41) is 17.0. The van der Waals surface area contributed by atoms with E-state index in [1.165, 1.54) is 0 Å².